The van der Waals surface area contributed by atoms with Crippen molar-refractivity contribution < 1.29 is 28.8 Å². The third-order valence-corrected chi connectivity index (χ3v) is 6.76. The molecule has 0 unspecified atom stereocenters. The Hall–Kier alpha value is -4.29. The Morgan fingerprint density at radius 2 is 1.95 bits per heavy atom. The standard InChI is InChI=1S/C26H27N5O7/c1-15-4-3-11-30(15)24(34)17-5-2-6-19(14-17)31-12-13-37-21(25(31)35)20(32)23(33)27-18-9-7-16(8-10-18)22-28-26(36)38-29-22/h2,5-10,14-15,20-21,32H,3-4,11-13H2,1H3,(H,27,33)(H,28,29,36)/t15-,20-,21-/m1/s1. The van der Waals surface area contributed by atoms with Gasteiger partial charge in [0.2, 0.25) is 0 Å². The molecule has 0 saturated carbocycles. The van der Waals surface area contributed by atoms with Crippen molar-refractivity contribution in [3.8, 4) is 11.4 Å². The predicted octanol–water partition coefficient (Wildman–Crippen LogP) is 1.39. The Morgan fingerprint density at radius 1 is 1.16 bits per heavy atom. The van der Waals surface area contributed by atoms with E-state index in [0.29, 0.717) is 29.0 Å². The molecule has 0 bridgehead atoms. The van der Waals surface area contributed by atoms with Gasteiger partial charge in [-0.3, -0.25) is 23.9 Å². The van der Waals surface area contributed by atoms with Gasteiger partial charge >= 0.3 is 5.76 Å². The number of nitrogens with zero attached hydrogens (tertiary/aromatic N) is 3. The molecule has 0 radical (unpaired) electrons. The van der Waals surface area contributed by atoms with E-state index in [1.165, 1.54) is 4.90 Å². The van der Waals surface area contributed by atoms with Crippen LogP contribution in [0.4, 0.5) is 11.4 Å². The number of anilines is 2. The Labute approximate surface area is 217 Å². The lowest BCUT2D eigenvalue weighted by molar-refractivity contribution is -0.150. The maximum absolute atomic E-state index is 13.2. The molecule has 2 aliphatic heterocycles. The van der Waals surface area contributed by atoms with Crippen molar-refractivity contribution in [1.82, 2.24) is 15.0 Å². The summed E-state index contributed by atoms with van der Waals surface area (Å²) >= 11 is 0. The van der Waals surface area contributed by atoms with E-state index in [4.69, 9.17) is 4.74 Å². The van der Waals surface area contributed by atoms with Crippen molar-refractivity contribution in [2.24, 2.45) is 0 Å². The van der Waals surface area contributed by atoms with Crippen molar-refractivity contribution >= 4 is 29.1 Å². The van der Waals surface area contributed by atoms with Crippen LogP contribution in [0.15, 0.2) is 57.8 Å². The largest absolute Gasteiger partial charge is 0.439 e. The van der Waals surface area contributed by atoms with E-state index >= 15 is 0 Å². The zero-order chi connectivity index (χ0) is 26.8. The van der Waals surface area contributed by atoms with Crippen molar-refractivity contribution in [2.45, 2.75) is 38.0 Å². The van der Waals surface area contributed by atoms with E-state index in [-0.39, 0.29) is 30.9 Å². The molecular weight excluding hydrogens is 494 g/mol. The highest BCUT2D eigenvalue weighted by molar-refractivity contribution is 6.04. The fourth-order valence-electron chi connectivity index (χ4n) is 4.72. The summed E-state index contributed by atoms with van der Waals surface area (Å²) in [4.78, 5) is 55.8. The van der Waals surface area contributed by atoms with E-state index in [9.17, 15) is 24.3 Å². The number of amides is 3. The molecule has 1 aromatic heterocycles. The van der Waals surface area contributed by atoms with Crippen LogP contribution in [-0.2, 0) is 14.3 Å². The monoisotopic (exact) mass is 521 g/mol. The number of carbonyl (C=O) groups excluding carboxylic acids is 3. The molecule has 2 saturated heterocycles. The lowest BCUT2D eigenvalue weighted by atomic mass is 10.1. The van der Waals surface area contributed by atoms with E-state index in [1.807, 2.05) is 11.8 Å². The minimum absolute atomic E-state index is 0.0885. The Bertz CT molecular complexity index is 1400. The van der Waals surface area contributed by atoms with Crippen molar-refractivity contribution in [3.05, 3.63) is 64.6 Å². The Kier molecular flexibility index (Phi) is 7.07. The normalized spacial score (nSPS) is 20.4. The minimum Gasteiger partial charge on any atom is -0.380 e. The molecule has 38 heavy (non-hydrogen) atoms. The molecule has 12 heteroatoms. The van der Waals surface area contributed by atoms with Crippen LogP contribution in [0.5, 0.6) is 0 Å². The van der Waals surface area contributed by atoms with Crippen LogP contribution < -0.4 is 16.0 Å². The topological polar surface area (TPSA) is 158 Å². The number of carbonyl (C=O) groups is 3. The molecule has 3 atom stereocenters. The summed E-state index contributed by atoms with van der Waals surface area (Å²) in [5.74, 6) is -1.95. The van der Waals surface area contributed by atoms with Crippen molar-refractivity contribution in [3.63, 3.8) is 0 Å². The van der Waals surface area contributed by atoms with E-state index in [1.54, 1.807) is 48.5 Å². The van der Waals surface area contributed by atoms with Gasteiger partial charge in [0, 0.05) is 41.6 Å². The van der Waals surface area contributed by atoms with Gasteiger partial charge in [-0.1, -0.05) is 11.2 Å². The molecule has 0 spiro atoms. The number of hydrogen-bond acceptors (Lipinski definition) is 8. The summed E-state index contributed by atoms with van der Waals surface area (Å²) in [7, 11) is 0. The van der Waals surface area contributed by atoms with Crippen molar-refractivity contribution in [1.29, 1.82) is 0 Å². The van der Waals surface area contributed by atoms with Gasteiger partial charge in [-0.05, 0) is 62.2 Å². The van der Waals surface area contributed by atoms with E-state index < -0.39 is 29.8 Å². The fraction of sp³-hybridized carbons (Fsp3) is 0.346. The zero-order valence-corrected chi connectivity index (χ0v) is 20.6. The van der Waals surface area contributed by atoms with Crippen LogP contribution in [0, 0.1) is 0 Å². The van der Waals surface area contributed by atoms with E-state index in [2.05, 4.69) is 20.0 Å². The third-order valence-electron chi connectivity index (χ3n) is 6.76. The average molecular weight is 522 g/mol. The summed E-state index contributed by atoms with van der Waals surface area (Å²) in [6.07, 6.45) is -1.27. The quantitative estimate of drug-likeness (QED) is 0.439. The summed E-state index contributed by atoms with van der Waals surface area (Å²) in [5.41, 5.74) is 1.88. The molecule has 12 nitrogen and oxygen atoms in total. The van der Waals surface area contributed by atoms with Crippen LogP contribution in [0.2, 0.25) is 0 Å². The summed E-state index contributed by atoms with van der Waals surface area (Å²) in [6, 6.07) is 13.2. The van der Waals surface area contributed by atoms with Gasteiger partial charge in [0.05, 0.1) is 6.61 Å². The molecule has 2 fully saturated rings. The fourth-order valence-corrected chi connectivity index (χ4v) is 4.72. The highest BCUT2D eigenvalue weighted by atomic mass is 16.5. The zero-order valence-electron chi connectivity index (χ0n) is 20.6. The number of benzene rings is 2. The summed E-state index contributed by atoms with van der Waals surface area (Å²) in [5, 5.41) is 16.8. The number of likely N-dealkylation sites (tertiary alicyclic amines) is 1. The molecule has 0 aliphatic carbocycles. The number of ether oxygens (including phenoxy) is 1. The highest BCUT2D eigenvalue weighted by Crippen LogP contribution is 2.25. The average Bonchev–Trinajstić information content (AvgIpc) is 3.56. The first kappa shape index (κ1) is 25.4. The van der Waals surface area contributed by atoms with Gasteiger partial charge < -0.3 is 25.0 Å². The van der Waals surface area contributed by atoms with Crippen molar-refractivity contribution in [2.75, 3.05) is 29.9 Å². The summed E-state index contributed by atoms with van der Waals surface area (Å²) < 4.78 is 9.96. The first-order valence-electron chi connectivity index (χ1n) is 12.3. The van der Waals surface area contributed by atoms with Crippen LogP contribution in [0.1, 0.15) is 30.1 Å². The number of morpholine rings is 1. The molecule has 198 valence electrons. The first-order valence-corrected chi connectivity index (χ1v) is 12.3. The number of hydrogen-bond donors (Lipinski definition) is 3. The van der Waals surface area contributed by atoms with E-state index in [0.717, 1.165) is 12.8 Å². The van der Waals surface area contributed by atoms with Crippen LogP contribution in [-0.4, -0.2) is 75.8 Å². The second-order valence-corrected chi connectivity index (χ2v) is 9.28. The SMILES string of the molecule is C[C@@H]1CCCN1C(=O)c1cccc(N2CCO[C@H]([C@@H](O)C(=O)Nc3ccc(-c4noc(=O)[nH]4)cc3)C2=O)c1. The maximum atomic E-state index is 13.2. The predicted molar refractivity (Wildman–Crippen MR) is 135 cm³/mol. The lowest BCUT2D eigenvalue weighted by Crippen LogP contribution is -2.55. The number of aliphatic hydroxyl groups is 1. The third kappa shape index (κ3) is 5.08. The molecule has 5 rings (SSSR count). The molecular formula is C26H27N5O7. The van der Waals surface area contributed by atoms with Gasteiger partial charge in [0.15, 0.2) is 18.0 Å². The molecule has 3 amide bonds. The maximum Gasteiger partial charge on any atom is 0.439 e. The van der Waals surface area contributed by atoms with Crippen LogP contribution in [0.25, 0.3) is 11.4 Å². The lowest BCUT2D eigenvalue weighted by Gasteiger charge is -2.34. The van der Waals surface area contributed by atoms with Gasteiger partial charge in [0.1, 0.15) is 0 Å². The molecule has 3 aromatic rings. The number of aromatic amines is 1. The number of H-pyrrole nitrogens is 1. The number of aromatic nitrogens is 2. The van der Waals surface area contributed by atoms with Gasteiger partial charge in [-0.25, -0.2) is 4.79 Å². The van der Waals surface area contributed by atoms with Gasteiger partial charge in [-0.15, -0.1) is 0 Å². The number of nitrogens with one attached hydrogen (secondary N) is 2. The van der Waals surface area contributed by atoms with Gasteiger partial charge in [0.25, 0.3) is 17.7 Å². The Balaban J connectivity index is 1.26. The minimum atomic E-state index is -1.77. The second-order valence-electron chi connectivity index (χ2n) is 9.28. The highest BCUT2D eigenvalue weighted by Gasteiger charge is 2.39. The smallest absolute Gasteiger partial charge is 0.380 e. The molecule has 3 heterocycles. The second kappa shape index (κ2) is 10.6. The van der Waals surface area contributed by atoms with Gasteiger partial charge in [-0.2, -0.15) is 0 Å². The molecule has 2 aromatic carbocycles. The Morgan fingerprint density at radius 3 is 2.63 bits per heavy atom. The first-order chi connectivity index (χ1) is 18.3. The molecule has 2 aliphatic rings. The van der Waals surface area contributed by atoms with Crippen LogP contribution in [0.3, 0.4) is 0 Å². The van der Waals surface area contributed by atoms with Crippen LogP contribution >= 0.6 is 0 Å². The molecule has 3 N–H and O–H groups in total. The summed E-state index contributed by atoms with van der Waals surface area (Å²) in [6.45, 7) is 3.04. The number of aliphatic hydroxyl groups excluding tert-OH is 1. The number of rotatable bonds is 6.